The van der Waals surface area contributed by atoms with Crippen LogP contribution < -0.4 is 28.1 Å². The van der Waals surface area contributed by atoms with Gasteiger partial charge >= 0.3 is 0 Å². The van der Waals surface area contributed by atoms with Crippen molar-refractivity contribution in [3.63, 3.8) is 0 Å². The number of rotatable bonds is 2. The van der Waals surface area contributed by atoms with Crippen LogP contribution in [0, 0.1) is 22.6 Å². The third-order valence-corrected chi connectivity index (χ3v) is 2.62. The van der Waals surface area contributed by atoms with E-state index in [1.165, 1.54) is 31.6 Å². The first-order chi connectivity index (χ1) is 8.90. The van der Waals surface area contributed by atoms with Crippen molar-refractivity contribution >= 4 is 5.69 Å². The molecule has 1 fully saturated rings. The second-order valence-electron chi connectivity index (χ2n) is 4.00. The van der Waals surface area contributed by atoms with Crippen LogP contribution in [0.3, 0.4) is 0 Å². The predicted octanol–water partition coefficient (Wildman–Crippen LogP) is -3.55. The molecule has 1 aliphatic rings. The summed E-state index contributed by atoms with van der Waals surface area (Å²) in [6.07, 6.45) is 12.0. The average Bonchev–Trinajstić information content (AvgIpc) is 2.82. The fourth-order valence-electron chi connectivity index (χ4n) is 1.85. The summed E-state index contributed by atoms with van der Waals surface area (Å²) in [6.45, 7) is 3.04. The summed E-state index contributed by atoms with van der Waals surface area (Å²) >= 11 is 0. The van der Waals surface area contributed by atoms with E-state index >= 15 is 0 Å². The molecule has 0 saturated carbocycles. The summed E-state index contributed by atoms with van der Waals surface area (Å²) in [4.78, 5) is 2.42. The molecule has 2 rings (SSSR count). The Morgan fingerprint density at radius 3 is 2.05 bits per heavy atom. The Morgan fingerprint density at radius 1 is 1.16 bits per heavy atom. The smallest absolute Gasteiger partial charge is 0.208 e. The highest BCUT2D eigenvalue weighted by molar-refractivity contribution is 5.44. The van der Waals surface area contributed by atoms with Crippen molar-refractivity contribution in [3.05, 3.63) is 24.5 Å². The lowest BCUT2D eigenvalue weighted by molar-refractivity contribution is -2.00. The molecule has 104 valence electrons. The maximum Gasteiger partial charge on any atom is 0.208 e. The fourth-order valence-corrected chi connectivity index (χ4v) is 1.85. The number of nitrogens with zero attached hydrogens (tertiary/aromatic N) is 2. The molecule has 0 N–H and O–H groups in total. The summed E-state index contributed by atoms with van der Waals surface area (Å²) in [5.74, 6) is 2.62. The van der Waals surface area contributed by atoms with Crippen LogP contribution >= 0.6 is 0 Å². The minimum absolute atomic E-state index is 0.653. The highest BCUT2D eigenvalue weighted by Crippen LogP contribution is 2.17. The summed E-state index contributed by atoms with van der Waals surface area (Å²) in [6, 6.07) is 4.28. The molecule has 0 aromatic carbocycles. The number of aromatic nitrogens is 1. The molecule has 0 atom stereocenters. The van der Waals surface area contributed by atoms with Crippen LogP contribution in [-0.2, 0) is 6.54 Å². The molecule has 0 aliphatic carbocycles. The third kappa shape index (κ3) is 6.96. The van der Waals surface area contributed by atoms with Gasteiger partial charge in [0.1, 0.15) is 0 Å². The van der Waals surface area contributed by atoms with Gasteiger partial charge in [-0.05, 0) is 18.8 Å². The van der Waals surface area contributed by atoms with Crippen LogP contribution in [0.5, 0.6) is 0 Å². The first-order valence-electron chi connectivity index (χ1n) is 5.69. The molecule has 19 heavy (non-hydrogen) atoms. The number of pyridine rings is 1. The van der Waals surface area contributed by atoms with Crippen LogP contribution in [0.25, 0.3) is 0 Å². The zero-order chi connectivity index (χ0) is 14.3. The SMILES string of the molecule is C#CC[n+]1ccc(N2CCCC2)cc1.[O-][Cl+3]([O-])([O-])[O-]. The lowest BCUT2D eigenvalue weighted by atomic mass is 10.3. The standard InChI is InChI=1S/C12H15N2.ClHO4/c1-2-7-13-10-5-12(6-11-13)14-8-3-4-9-14;2-1(3,4)5/h1,5-6,10-11H,3-4,7-9H2;(H,2,3,4,5)/q+1;/p-1. The summed E-state index contributed by atoms with van der Waals surface area (Å²) < 4.78 is 36.0. The van der Waals surface area contributed by atoms with Gasteiger partial charge in [0.05, 0.1) is 0 Å². The van der Waals surface area contributed by atoms with Gasteiger partial charge in [0.2, 0.25) is 6.54 Å². The van der Waals surface area contributed by atoms with E-state index in [0.717, 1.165) is 0 Å². The maximum absolute atomic E-state index is 8.49. The number of halogens is 1. The van der Waals surface area contributed by atoms with Crippen LogP contribution in [0.2, 0.25) is 0 Å². The van der Waals surface area contributed by atoms with Gasteiger partial charge in [-0.2, -0.15) is 4.57 Å². The zero-order valence-corrected chi connectivity index (χ0v) is 11.1. The molecule has 0 spiro atoms. The van der Waals surface area contributed by atoms with Crippen LogP contribution in [0.1, 0.15) is 12.8 Å². The molecule has 0 radical (unpaired) electrons. The van der Waals surface area contributed by atoms with Gasteiger partial charge in [0.15, 0.2) is 12.4 Å². The molecular weight excluding hydrogens is 272 g/mol. The normalized spacial score (nSPS) is 14.6. The van der Waals surface area contributed by atoms with Gasteiger partial charge in [-0.3, -0.25) is 0 Å². The van der Waals surface area contributed by atoms with E-state index in [2.05, 4.69) is 23.0 Å². The number of hydrogen-bond donors (Lipinski definition) is 0. The van der Waals surface area contributed by atoms with Gasteiger partial charge in [-0.15, -0.1) is 16.7 Å². The molecule has 7 heteroatoms. The van der Waals surface area contributed by atoms with Crippen molar-refractivity contribution in [2.45, 2.75) is 19.4 Å². The second-order valence-corrected chi connectivity index (χ2v) is 4.76. The fraction of sp³-hybridized carbons (Fsp3) is 0.417. The predicted molar refractivity (Wildman–Crippen MR) is 56.9 cm³/mol. The molecule has 1 aliphatic heterocycles. The topological polar surface area (TPSA) is 99.4 Å². The first kappa shape index (κ1) is 15.7. The maximum atomic E-state index is 8.49. The van der Waals surface area contributed by atoms with Gasteiger partial charge in [0, 0.05) is 30.9 Å². The molecule has 1 aromatic heterocycles. The summed E-state index contributed by atoms with van der Waals surface area (Å²) in [7, 11) is -4.94. The van der Waals surface area contributed by atoms with Gasteiger partial charge in [-0.25, -0.2) is 18.6 Å². The van der Waals surface area contributed by atoms with E-state index < -0.39 is 10.2 Å². The van der Waals surface area contributed by atoms with Gasteiger partial charge in [-0.1, -0.05) is 0 Å². The van der Waals surface area contributed by atoms with Crippen molar-refractivity contribution in [1.29, 1.82) is 0 Å². The van der Waals surface area contributed by atoms with Crippen molar-refractivity contribution in [1.82, 2.24) is 0 Å². The molecule has 2 heterocycles. The van der Waals surface area contributed by atoms with Crippen molar-refractivity contribution in [3.8, 4) is 12.3 Å². The molecular formula is C12H15ClN2O4. The molecule has 0 amide bonds. The van der Waals surface area contributed by atoms with Crippen LogP contribution in [0.15, 0.2) is 24.5 Å². The average molecular weight is 287 g/mol. The highest BCUT2D eigenvalue weighted by atomic mass is 35.7. The summed E-state index contributed by atoms with van der Waals surface area (Å²) in [5.41, 5.74) is 1.32. The quantitative estimate of drug-likeness (QED) is 0.414. The van der Waals surface area contributed by atoms with E-state index in [9.17, 15) is 0 Å². The van der Waals surface area contributed by atoms with E-state index in [1.54, 1.807) is 0 Å². The zero-order valence-electron chi connectivity index (χ0n) is 10.3. The Bertz CT molecular complexity index is 413. The number of hydrogen-bond acceptors (Lipinski definition) is 5. The lowest BCUT2D eigenvalue weighted by Crippen LogP contribution is -2.68. The monoisotopic (exact) mass is 286 g/mol. The van der Waals surface area contributed by atoms with Crippen molar-refractivity contribution in [2.24, 2.45) is 0 Å². The van der Waals surface area contributed by atoms with Crippen molar-refractivity contribution in [2.75, 3.05) is 18.0 Å². The van der Waals surface area contributed by atoms with Crippen LogP contribution in [0.4, 0.5) is 5.69 Å². The summed E-state index contributed by atoms with van der Waals surface area (Å²) in [5, 5.41) is 0. The highest BCUT2D eigenvalue weighted by Gasteiger charge is 2.12. The Labute approximate surface area is 114 Å². The first-order valence-corrected chi connectivity index (χ1v) is 6.93. The number of terminal acetylenes is 1. The Morgan fingerprint density at radius 2 is 1.63 bits per heavy atom. The largest absolute Gasteiger partial charge is 0.371 e. The Hall–Kier alpha value is -1.36. The molecule has 0 bridgehead atoms. The minimum atomic E-state index is -4.94. The van der Waals surface area contributed by atoms with Gasteiger partial charge < -0.3 is 4.90 Å². The Kier molecular flexibility index (Phi) is 6.02. The van der Waals surface area contributed by atoms with E-state index in [4.69, 9.17) is 25.1 Å². The molecule has 0 unspecified atom stereocenters. The number of anilines is 1. The van der Waals surface area contributed by atoms with E-state index in [1.807, 2.05) is 17.0 Å². The van der Waals surface area contributed by atoms with E-state index in [0.29, 0.717) is 6.54 Å². The third-order valence-electron chi connectivity index (χ3n) is 2.62. The second kappa shape index (κ2) is 7.28. The van der Waals surface area contributed by atoms with Gasteiger partial charge in [0.25, 0.3) is 0 Å². The lowest BCUT2D eigenvalue weighted by Gasteiger charge is -2.17. The molecule has 6 nitrogen and oxygen atoms in total. The van der Waals surface area contributed by atoms with Crippen molar-refractivity contribution < 1.29 is 33.4 Å². The van der Waals surface area contributed by atoms with Crippen LogP contribution in [-0.4, -0.2) is 13.1 Å². The molecule has 1 saturated heterocycles. The molecule has 1 aromatic rings. The minimum Gasteiger partial charge on any atom is -0.371 e. The Balaban J connectivity index is 0.000000312. The van der Waals surface area contributed by atoms with E-state index in [-0.39, 0.29) is 0 Å².